The number of carbonyl (C=O) groups excluding carboxylic acids is 2. The Morgan fingerprint density at radius 1 is 0.882 bits per heavy atom. The van der Waals surface area contributed by atoms with E-state index >= 15 is 0 Å². The SMILES string of the molecule is CCN1C(=O)c2cccc3c(NC(=O)c4ccc(NS(=O)(=O)c5ccccc5)cc4)ccc1c23. The molecule has 7 nitrogen and oxygen atoms in total. The third-order valence-electron chi connectivity index (χ3n) is 5.80. The maximum atomic E-state index is 12.9. The lowest BCUT2D eigenvalue weighted by Crippen LogP contribution is -2.25. The van der Waals surface area contributed by atoms with E-state index in [0.29, 0.717) is 29.0 Å². The number of hydrogen-bond acceptors (Lipinski definition) is 4. The van der Waals surface area contributed by atoms with E-state index < -0.39 is 10.0 Å². The predicted octanol–water partition coefficient (Wildman–Crippen LogP) is 4.87. The van der Waals surface area contributed by atoms with E-state index in [0.717, 1.165) is 16.5 Å². The number of hydrogen-bond donors (Lipinski definition) is 2. The second kappa shape index (κ2) is 8.31. The van der Waals surface area contributed by atoms with Crippen molar-refractivity contribution in [2.75, 3.05) is 21.5 Å². The van der Waals surface area contributed by atoms with Gasteiger partial charge in [-0.3, -0.25) is 14.3 Å². The van der Waals surface area contributed by atoms with Crippen LogP contribution in [0.15, 0.2) is 89.8 Å². The van der Waals surface area contributed by atoms with Gasteiger partial charge < -0.3 is 10.2 Å². The topological polar surface area (TPSA) is 95.6 Å². The summed E-state index contributed by atoms with van der Waals surface area (Å²) in [5.41, 5.74) is 2.79. The zero-order valence-corrected chi connectivity index (χ0v) is 19.1. The summed E-state index contributed by atoms with van der Waals surface area (Å²) in [5.74, 6) is -0.380. The lowest BCUT2D eigenvalue weighted by atomic mass is 10.0. The van der Waals surface area contributed by atoms with Gasteiger partial charge >= 0.3 is 0 Å². The van der Waals surface area contributed by atoms with Gasteiger partial charge in [0.1, 0.15) is 0 Å². The molecule has 0 radical (unpaired) electrons. The molecule has 2 amide bonds. The van der Waals surface area contributed by atoms with Gasteiger partial charge in [-0.25, -0.2) is 8.42 Å². The largest absolute Gasteiger partial charge is 0.321 e. The van der Waals surface area contributed by atoms with E-state index in [1.807, 2.05) is 25.1 Å². The molecular formula is C26H21N3O4S. The first kappa shape index (κ1) is 21.7. The van der Waals surface area contributed by atoms with Crippen molar-refractivity contribution in [3.63, 3.8) is 0 Å². The van der Waals surface area contributed by atoms with Crippen molar-refractivity contribution in [1.82, 2.24) is 0 Å². The van der Waals surface area contributed by atoms with E-state index in [2.05, 4.69) is 10.0 Å². The smallest absolute Gasteiger partial charge is 0.261 e. The molecule has 0 aromatic heterocycles. The number of carbonyl (C=O) groups is 2. The summed E-state index contributed by atoms with van der Waals surface area (Å²) >= 11 is 0. The molecule has 1 aliphatic heterocycles. The molecule has 4 aromatic rings. The highest BCUT2D eigenvalue weighted by Crippen LogP contribution is 2.40. The molecule has 8 heteroatoms. The van der Waals surface area contributed by atoms with Gasteiger partial charge in [0, 0.05) is 39.8 Å². The van der Waals surface area contributed by atoms with Crippen LogP contribution in [0.4, 0.5) is 17.1 Å². The van der Waals surface area contributed by atoms with Crippen molar-refractivity contribution in [2.24, 2.45) is 0 Å². The van der Waals surface area contributed by atoms with Gasteiger partial charge in [-0.15, -0.1) is 0 Å². The van der Waals surface area contributed by atoms with Crippen molar-refractivity contribution >= 4 is 49.7 Å². The molecule has 0 atom stereocenters. The summed E-state index contributed by atoms with van der Waals surface area (Å²) in [4.78, 5) is 27.5. The number of rotatable bonds is 6. The maximum Gasteiger partial charge on any atom is 0.261 e. The first-order chi connectivity index (χ1) is 16.4. The third-order valence-corrected chi connectivity index (χ3v) is 7.20. The van der Waals surface area contributed by atoms with Gasteiger partial charge in [-0.2, -0.15) is 0 Å². The maximum absolute atomic E-state index is 12.9. The quantitative estimate of drug-likeness (QED) is 0.419. The molecule has 0 fully saturated rings. The summed E-state index contributed by atoms with van der Waals surface area (Å²) in [6, 6.07) is 23.4. The zero-order valence-electron chi connectivity index (χ0n) is 18.3. The van der Waals surface area contributed by atoms with Crippen molar-refractivity contribution in [1.29, 1.82) is 0 Å². The predicted molar refractivity (Wildman–Crippen MR) is 133 cm³/mol. The Hall–Kier alpha value is -4.17. The lowest BCUT2D eigenvalue weighted by Gasteiger charge is -2.15. The molecule has 34 heavy (non-hydrogen) atoms. The number of benzene rings is 4. The van der Waals surface area contributed by atoms with Crippen LogP contribution in [0.3, 0.4) is 0 Å². The summed E-state index contributed by atoms with van der Waals surface area (Å²) in [5, 5.41) is 4.54. The molecule has 5 rings (SSSR count). The Bertz CT molecular complexity index is 1530. The minimum absolute atomic E-state index is 0.0416. The number of anilines is 3. The van der Waals surface area contributed by atoms with Crippen LogP contribution in [-0.2, 0) is 10.0 Å². The number of sulfonamides is 1. The molecule has 1 aliphatic rings. The van der Waals surface area contributed by atoms with Gasteiger partial charge in [0.25, 0.3) is 21.8 Å². The standard InChI is InChI=1S/C26H21N3O4S/c1-2-29-23-16-15-22(20-9-6-10-21(24(20)23)26(29)31)27-25(30)17-11-13-18(14-12-17)28-34(32,33)19-7-4-3-5-8-19/h3-16,28H,2H2,1H3,(H,27,30). The van der Waals surface area contributed by atoms with Crippen LogP contribution < -0.4 is 14.9 Å². The highest BCUT2D eigenvalue weighted by atomic mass is 32.2. The molecule has 0 saturated carbocycles. The minimum Gasteiger partial charge on any atom is -0.321 e. The fourth-order valence-electron chi connectivity index (χ4n) is 4.17. The second-order valence-corrected chi connectivity index (χ2v) is 9.54. The Morgan fingerprint density at radius 3 is 2.32 bits per heavy atom. The van der Waals surface area contributed by atoms with Gasteiger partial charge in [0.2, 0.25) is 0 Å². The van der Waals surface area contributed by atoms with Crippen LogP contribution >= 0.6 is 0 Å². The average molecular weight is 472 g/mol. The molecule has 4 aromatic carbocycles. The Kier molecular flexibility index (Phi) is 5.30. The molecule has 0 spiro atoms. The normalized spacial score (nSPS) is 12.7. The highest BCUT2D eigenvalue weighted by Gasteiger charge is 2.29. The molecule has 0 unspecified atom stereocenters. The van der Waals surface area contributed by atoms with Crippen LogP contribution in [0.5, 0.6) is 0 Å². The Labute approximate surface area is 197 Å². The fourth-order valence-corrected chi connectivity index (χ4v) is 5.25. The average Bonchev–Trinajstić information content (AvgIpc) is 3.13. The van der Waals surface area contributed by atoms with Gasteiger partial charge in [-0.05, 0) is 61.5 Å². The first-order valence-electron chi connectivity index (χ1n) is 10.8. The van der Waals surface area contributed by atoms with Gasteiger partial charge in [0.15, 0.2) is 0 Å². The number of amides is 2. The Morgan fingerprint density at radius 2 is 1.62 bits per heavy atom. The van der Waals surface area contributed by atoms with Crippen molar-refractivity contribution < 1.29 is 18.0 Å². The molecule has 0 bridgehead atoms. The molecule has 0 aliphatic carbocycles. The molecule has 170 valence electrons. The van der Waals surface area contributed by atoms with E-state index in [1.54, 1.807) is 59.5 Å². The molecule has 0 saturated heterocycles. The molecule has 2 N–H and O–H groups in total. The van der Waals surface area contributed by atoms with Gasteiger partial charge in [-0.1, -0.05) is 30.3 Å². The van der Waals surface area contributed by atoms with E-state index in [1.165, 1.54) is 12.1 Å². The third kappa shape index (κ3) is 3.68. The summed E-state index contributed by atoms with van der Waals surface area (Å²) in [7, 11) is -3.71. The summed E-state index contributed by atoms with van der Waals surface area (Å²) in [6.45, 7) is 2.49. The van der Waals surface area contributed by atoms with Crippen molar-refractivity contribution in [3.05, 3.63) is 96.1 Å². The fraction of sp³-hybridized carbons (Fsp3) is 0.0769. The Balaban J connectivity index is 1.38. The van der Waals surface area contributed by atoms with Crippen LogP contribution in [0.2, 0.25) is 0 Å². The van der Waals surface area contributed by atoms with Crippen LogP contribution in [-0.4, -0.2) is 26.8 Å². The molecular weight excluding hydrogens is 450 g/mol. The van der Waals surface area contributed by atoms with Crippen molar-refractivity contribution in [2.45, 2.75) is 11.8 Å². The minimum atomic E-state index is -3.71. The number of nitrogens with one attached hydrogen (secondary N) is 2. The van der Waals surface area contributed by atoms with Crippen LogP contribution in [0, 0.1) is 0 Å². The highest BCUT2D eigenvalue weighted by molar-refractivity contribution is 7.92. The molecule has 1 heterocycles. The van der Waals surface area contributed by atoms with E-state index in [-0.39, 0.29) is 16.7 Å². The van der Waals surface area contributed by atoms with Crippen LogP contribution in [0.25, 0.3) is 10.8 Å². The van der Waals surface area contributed by atoms with E-state index in [9.17, 15) is 18.0 Å². The summed E-state index contributed by atoms with van der Waals surface area (Å²) < 4.78 is 27.5. The van der Waals surface area contributed by atoms with E-state index in [4.69, 9.17) is 0 Å². The summed E-state index contributed by atoms with van der Waals surface area (Å²) in [6.07, 6.45) is 0. The van der Waals surface area contributed by atoms with Crippen LogP contribution in [0.1, 0.15) is 27.6 Å². The van der Waals surface area contributed by atoms with Gasteiger partial charge in [0.05, 0.1) is 10.6 Å². The second-order valence-electron chi connectivity index (χ2n) is 7.86. The zero-order chi connectivity index (χ0) is 23.9. The monoisotopic (exact) mass is 471 g/mol. The number of nitrogens with zero attached hydrogens (tertiary/aromatic N) is 1. The van der Waals surface area contributed by atoms with Crippen molar-refractivity contribution in [3.8, 4) is 0 Å². The first-order valence-corrected chi connectivity index (χ1v) is 12.2. The lowest BCUT2D eigenvalue weighted by molar-refractivity contribution is 0.0992.